The SMILES string of the molecule is O=C(CSCCOc1ccccc1)Nc1ccc2c(c1)OCO2. The number of rotatable bonds is 7. The molecule has 0 saturated carbocycles. The highest BCUT2D eigenvalue weighted by molar-refractivity contribution is 7.99. The average Bonchev–Trinajstić information content (AvgIpc) is 3.03. The Hall–Kier alpha value is -2.34. The van der Waals surface area contributed by atoms with Gasteiger partial charge in [0.2, 0.25) is 12.7 Å². The second-order valence-electron chi connectivity index (χ2n) is 4.83. The number of hydrogen-bond acceptors (Lipinski definition) is 5. The predicted molar refractivity (Wildman–Crippen MR) is 90.5 cm³/mol. The van der Waals surface area contributed by atoms with Crippen LogP contribution in [0.5, 0.6) is 17.2 Å². The third kappa shape index (κ3) is 4.56. The van der Waals surface area contributed by atoms with E-state index in [-0.39, 0.29) is 12.7 Å². The number of carbonyl (C=O) groups is 1. The standard InChI is InChI=1S/C17H17NO4S/c19-17(11-23-9-8-20-14-4-2-1-3-5-14)18-13-6-7-15-16(10-13)22-12-21-15/h1-7,10H,8-9,11-12H2,(H,18,19). The first-order chi connectivity index (χ1) is 11.3. The highest BCUT2D eigenvalue weighted by Crippen LogP contribution is 2.34. The van der Waals surface area contributed by atoms with Gasteiger partial charge in [-0.25, -0.2) is 0 Å². The van der Waals surface area contributed by atoms with Gasteiger partial charge in [0.25, 0.3) is 0 Å². The van der Waals surface area contributed by atoms with Crippen molar-refractivity contribution in [2.24, 2.45) is 0 Å². The van der Waals surface area contributed by atoms with Crippen LogP contribution in [0.15, 0.2) is 48.5 Å². The zero-order valence-electron chi connectivity index (χ0n) is 12.5. The summed E-state index contributed by atoms with van der Waals surface area (Å²) in [4.78, 5) is 11.9. The molecule has 0 spiro atoms. The topological polar surface area (TPSA) is 56.8 Å². The maximum absolute atomic E-state index is 11.9. The summed E-state index contributed by atoms with van der Waals surface area (Å²) in [7, 11) is 0. The molecular formula is C17H17NO4S. The fourth-order valence-electron chi connectivity index (χ4n) is 2.07. The van der Waals surface area contributed by atoms with Crippen LogP contribution in [0, 0.1) is 0 Å². The molecule has 0 aromatic heterocycles. The van der Waals surface area contributed by atoms with Crippen molar-refractivity contribution in [3.05, 3.63) is 48.5 Å². The quantitative estimate of drug-likeness (QED) is 0.790. The van der Waals surface area contributed by atoms with Gasteiger partial charge in [0.15, 0.2) is 11.5 Å². The van der Waals surface area contributed by atoms with Crippen LogP contribution in [0.2, 0.25) is 0 Å². The van der Waals surface area contributed by atoms with Crippen LogP contribution in [-0.2, 0) is 4.79 Å². The molecule has 1 amide bonds. The van der Waals surface area contributed by atoms with E-state index in [1.54, 1.807) is 18.2 Å². The molecule has 5 nitrogen and oxygen atoms in total. The largest absolute Gasteiger partial charge is 0.493 e. The minimum atomic E-state index is -0.0476. The van der Waals surface area contributed by atoms with Gasteiger partial charge in [-0.3, -0.25) is 4.79 Å². The second-order valence-corrected chi connectivity index (χ2v) is 5.94. The predicted octanol–water partition coefficient (Wildman–Crippen LogP) is 3.17. The summed E-state index contributed by atoms with van der Waals surface area (Å²) < 4.78 is 16.1. The number of anilines is 1. The first-order valence-corrected chi connectivity index (χ1v) is 8.42. The third-order valence-corrected chi connectivity index (χ3v) is 4.05. The number of hydrogen-bond donors (Lipinski definition) is 1. The Morgan fingerprint density at radius 1 is 1.13 bits per heavy atom. The van der Waals surface area contributed by atoms with E-state index in [0.717, 1.165) is 11.5 Å². The van der Waals surface area contributed by atoms with E-state index < -0.39 is 0 Å². The van der Waals surface area contributed by atoms with E-state index in [4.69, 9.17) is 14.2 Å². The summed E-state index contributed by atoms with van der Waals surface area (Å²) in [5, 5.41) is 2.84. The van der Waals surface area contributed by atoms with Gasteiger partial charge in [-0.15, -0.1) is 11.8 Å². The first kappa shape index (κ1) is 15.6. The van der Waals surface area contributed by atoms with Crippen molar-refractivity contribution in [1.82, 2.24) is 0 Å². The summed E-state index contributed by atoms with van der Waals surface area (Å²) in [5.41, 5.74) is 0.709. The lowest BCUT2D eigenvalue weighted by Gasteiger charge is -2.07. The van der Waals surface area contributed by atoms with E-state index in [0.29, 0.717) is 29.5 Å². The van der Waals surface area contributed by atoms with Gasteiger partial charge in [-0.1, -0.05) is 18.2 Å². The molecule has 0 bridgehead atoms. The van der Waals surface area contributed by atoms with Crippen LogP contribution < -0.4 is 19.5 Å². The molecule has 23 heavy (non-hydrogen) atoms. The molecule has 2 aromatic rings. The molecule has 0 fully saturated rings. The fourth-order valence-corrected chi connectivity index (χ4v) is 2.67. The molecule has 6 heteroatoms. The summed E-state index contributed by atoms with van der Waals surface area (Å²) in [6.07, 6.45) is 0. The van der Waals surface area contributed by atoms with Gasteiger partial charge in [-0.2, -0.15) is 0 Å². The molecule has 1 heterocycles. The number of amides is 1. The highest BCUT2D eigenvalue weighted by atomic mass is 32.2. The van der Waals surface area contributed by atoms with Crippen LogP contribution >= 0.6 is 11.8 Å². The highest BCUT2D eigenvalue weighted by Gasteiger charge is 2.14. The van der Waals surface area contributed by atoms with Crippen LogP contribution in [-0.4, -0.2) is 30.8 Å². The molecular weight excluding hydrogens is 314 g/mol. The normalized spacial score (nSPS) is 12.0. The number of carbonyl (C=O) groups excluding carboxylic acids is 1. The van der Waals surface area contributed by atoms with E-state index >= 15 is 0 Å². The van der Waals surface area contributed by atoms with Gasteiger partial charge in [0.1, 0.15) is 5.75 Å². The Morgan fingerprint density at radius 3 is 2.83 bits per heavy atom. The summed E-state index contributed by atoms with van der Waals surface area (Å²) in [5.74, 6) is 3.30. The van der Waals surface area contributed by atoms with Crippen molar-refractivity contribution in [1.29, 1.82) is 0 Å². The third-order valence-electron chi connectivity index (χ3n) is 3.13. The molecule has 120 valence electrons. The van der Waals surface area contributed by atoms with Crippen molar-refractivity contribution in [2.45, 2.75) is 0 Å². The summed E-state index contributed by atoms with van der Waals surface area (Å²) in [6, 6.07) is 15.0. The van der Waals surface area contributed by atoms with Crippen molar-refractivity contribution in [3.8, 4) is 17.2 Å². The van der Waals surface area contributed by atoms with Crippen molar-refractivity contribution in [3.63, 3.8) is 0 Å². The zero-order valence-corrected chi connectivity index (χ0v) is 13.3. The molecule has 0 radical (unpaired) electrons. The molecule has 0 unspecified atom stereocenters. The second kappa shape index (κ2) is 7.78. The Kier molecular flexibility index (Phi) is 5.26. The maximum atomic E-state index is 11.9. The lowest BCUT2D eigenvalue weighted by atomic mass is 10.3. The molecule has 2 aromatic carbocycles. The van der Waals surface area contributed by atoms with Crippen molar-refractivity contribution in [2.75, 3.05) is 30.2 Å². The number of nitrogens with one attached hydrogen (secondary N) is 1. The average molecular weight is 331 g/mol. The minimum Gasteiger partial charge on any atom is -0.493 e. The lowest BCUT2D eigenvalue weighted by Crippen LogP contribution is -2.15. The van der Waals surface area contributed by atoms with E-state index in [1.165, 1.54) is 11.8 Å². The maximum Gasteiger partial charge on any atom is 0.234 e. The van der Waals surface area contributed by atoms with Crippen LogP contribution in [0.4, 0.5) is 5.69 Å². The Labute approximate surface area is 138 Å². The first-order valence-electron chi connectivity index (χ1n) is 7.26. The van der Waals surface area contributed by atoms with Gasteiger partial charge < -0.3 is 19.5 Å². The summed E-state index contributed by atoms with van der Waals surface area (Å²) in [6.45, 7) is 0.802. The monoisotopic (exact) mass is 331 g/mol. The van der Waals surface area contributed by atoms with Crippen LogP contribution in [0.25, 0.3) is 0 Å². The number of ether oxygens (including phenoxy) is 3. The number of fused-ring (bicyclic) bond motifs is 1. The fraction of sp³-hybridized carbons (Fsp3) is 0.235. The van der Waals surface area contributed by atoms with E-state index in [9.17, 15) is 4.79 Å². The molecule has 3 rings (SSSR count). The lowest BCUT2D eigenvalue weighted by molar-refractivity contribution is -0.113. The van der Waals surface area contributed by atoms with E-state index in [2.05, 4.69) is 5.32 Å². The van der Waals surface area contributed by atoms with Gasteiger partial charge in [0.05, 0.1) is 12.4 Å². The summed E-state index contributed by atoms with van der Waals surface area (Å²) >= 11 is 1.53. The Balaban J connectivity index is 1.35. The number of benzene rings is 2. The van der Waals surface area contributed by atoms with Gasteiger partial charge >= 0.3 is 0 Å². The number of thioether (sulfide) groups is 1. The number of para-hydroxylation sites is 1. The smallest absolute Gasteiger partial charge is 0.234 e. The van der Waals surface area contributed by atoms with Gasteiger partial charge in [0, 0.05) is 17.5 Å². The van der Waals surface area contributed by atoms with E-state index in [1.807, 2.05) is 30.3 Å². The van der Waals surface area contributed by atoms with Crippen LogP contribution in [0.3, 0.4) is 0 Å². The Morgan fingerprint density at radius 2 is 1.96 bits per heavy atom. The molecule has 0 aliphatic carbocycles. The van der Waals surface area contributed by atoms with Gasteiger partial charge in [-0.05, 0) is 24.3 Å². The van der Waals surface area contributed by atoms with Crippen molar-refractivity contribution >= 4 is 23.4 Å². The van der Waals surface area contributed by atoms with Crippen molar-refractivity contribution < 1.29 is 19.0 Å². The molecule has 1 N–H and O–H groups in total. The Bertz CT molecular complexity index is 663. The molecule has 0 atom stereocenters. The molecule has 1 aliphatic rings. The zero-order chi connectivity index (χ0) is 15.9. The minimum absolute atomic E-state index is 0.0476. The van der Waals surface area contributed by atoms with Crippen LogP contribution in [0.1, 0.15) is 0 Å². The molecule has 0 saturated heterocycles. The molecule has 1 aliphatic heterocycles.